The predicted molar refractivity (Wildman–Crippen MR) is 94.2 cm³/mol. The smallest absolute Gasteiger partial charge is 0.387 e. The molecule has 27 heavy (non-hydrogen) atoms. The zero-order valence-corrected chi connectivity index (χ0v) is 14.9. The number of hydrogen-bond acceptors (Lipinski definition) is 4. The Morgan fingerprint density at radius 2 is 1.89 bits per heavy atom. The van der Waals surface area contributed by atoms with Crippen molar-refractivity contribution in [3.8, 4) is 11.4 Å². The lowest BCUT2D eigenvalue weighted by atomic mass is 9.96. The monoisotopic (exact) mass is 376 g/mol. The summed E-state index contributed by atoms with van der Waals surface area (Å²) < 4.78 is 38.0. The summed E-state index contributed by atoms with van der Waals surface area (Å²) in [5.74, 6) is 0.826. The molecule has 2 aromatic rings. The molecule has 4 rings (SSSR count). The number of nitrogens with zero attached hydrogens (tertiary/aromatic N) is 2. The molecule has 0 spiro atoms. The van der Waals surface area contributed by atoms with Crippen LogP contribution in [0.4, 0.5) is 8.78 Å². The van der Waals surface area contributed by atoms with Gasteiger partial charge in [-0.1, -0.05) is 12.1 Å². The van der Waals surface area contributed by atoms with Crippen molar-refractivity contribution >= 4 is 5.78 Å². The number of para-hydroxylation sites is 2. The van der Waals surface area contributed by atoms with Gasteiger partial charge >= 0.3 is 6.61 Å². The van der Waals surface area contributed by atoms with Crippen LogP contribution in [0.15, 0.2) is 30.5 Å². The summed E-state index contributed by atoms with van der Waals surface area (Å²) >= 11 is 0. The van der Waals surface area contributed by atoms with Gasteiger partial charge in [-0.15, -0.1) is 0 Å². The summed E-state index contributed by atoms with van der Waals surface area (Å²) in [6.45, 7) is -2.56. The lowest BCUT2D eigenvalue weighted by molar-refractivity contribution is -0.123. The summed E-state index contributed by atoms with van der Waals surface area (Å²) in [6, 6.07) is 6.65. The van der Waals surface area contributed by atoms with Crippen molar-refractivity contribution in [2.75, 3.05) is 0 Å². The molecule has 1 aromatic carbocycles. The third-order valence-electron chi connectivity index (χ3n) is 5.17. The van der Waals surface area contributed by atoms with Gasteiger partial charge in [0.05, 0.1) is 24.6 Å². The zero-order chi connectivity index (χ0) is 18.8. The maximum atomic E-state index is 12.8. The number of halogens is 2. The second-order valence-corrected chi connectivity index (χ2v) is 7.13. The molecule has 0 aliphatic heterocycles. The van der Waals surface area contributed by atoms with E-state index in [1.807, 2.05) is 0 Å². The van der Waals surface area contributed by atoms with Crippen molar-refractivity contribution in [1.82, 2.24) is 9.78 Å². The van der Waals surface area contributed by atoms with Crippen molar-refractivity contribution in [1.29, 1.82) is 0 Å². The number of carbonyl (C=O) groups excluding carboxylic acids is 1. The molecular weight excluding hydrogens is 354 g/mol. The van der Waals surface area contributed by atoms with E-state index in [9.17, 15) is 13.6 Å². The first-order valence-corrected chi connectivity index (χ1v) is 9.36. The highest BCUT2D eigenvalue weighted by Crippen LogP contribution is 2.42. The third kappa shape index (κ3) is 4.18. The molecule has 0 radical (unpaired) electrons. The molecule has 0 unspecified atom stereocenters. The summed E-state index contributed by atoms with van der Waals surface area (Å²) in [7, 11) is 0. The van der Waals surface area contributed by atoms with Crippen molar-refractivity contribution in [3.05, 3.63) is 41.7 Å². The zero-order valence-electron chi connectivity index (χ0n) is 14.9. The van der Waals surface area contributed by atoms with Gasteiger partial charge in [0.2, 0.25) is 0 Å². The molecule has 2 fully saturated rings. The number of aromatic nitrogens is 2. The normalized spacial score (nSPS) is 18.3. The molecule has 0 bridgehead atoms. The molecule has 144 valence electrons. The van der Waals surface area contributed by atoms with Crippen LogP contribution in [-0.2, 0) is 16.1 Å². The number of hydrogen-bond donors (Lipinski definition) is 0. The molecule has 1 aromatic heterocycles. The minimum Gasteiger partial charge on any atom is -0.433 e. The number of ketones is 1. The lowest BCUT2D eigenvalue weighted by Gasteiger charge is -2.22. The Bertz CT molecular complexity index is 807. The fourth-order valence-electron chi connectivity index (χ4n) is 3.58. The first-order chi connectivity index (χ1) is 13.1. The first-order valence-electron chi connectivity index (χ1n) is 9.36. The minimum atomic E-state index is -2.90. The number of ether oxygens (including phenoxy) is 2. The van der Waals surface area contributed by atoms with Crippen LogP contribution in [0.25, 0.3) is 5.69 Å². The van der Waals surface area contributed by atoms with E-state index in [-0.39, 0.29) is 17.6 Å². The van der Waals surface area contributed by atoms with Gasteiger partial charge in [-0.05, 0) is 49.3 Å². The van der Waals surface area contributed by atoms with Crippen LogP contribution in [0.2, 0.25) is 0 Å². The Hall–Kier alpha value is -2.28. The lowest BCUT2D eigenvalue weighted by Crippen LogP contribution is -2.22. The molecule has 0 N–H and O–H groups in total. The van der Waals surface area contributed by atoms with E-state index >= 15 is 0 Å². The van der Waals surface area contributed by atoms with Crippen LogP contribution in [0, 0.1) is 0 Å². The van der Waals surface area contributed by atoms with Crippen LogP contribution in [0.3, 0.4) is 0 Å². The van der Waals surface area contributed by atoms with Crippen LogP contribution in [-0.4, -0.2) is 28.3 Å². The van der Waals surface area contributed by atoms with E-state index < -0.39 is 6.61 Å². The summed E-state index contributed by atoms with van der Waals surface area (Å²) in [4.78, 5) is 11.4. The average Bonchev–Trinajstić information content (AvgIpc) is 3.41. The standard InChI is InChI=1S/C20H22F2N2O3/c21-20(22)27-19-4-2-1-3-17(19)24-18(16(11-23-24)13-5-6-13)12-26-15-9-7-14(25)8-10-15/h1-4,11,13,15,20H,5-10,12H2. The number of alkyl halides is 2. The predicted octanol–water partition coefficient (Wildman–Crippen LogP) is 4.38. The van der Waals surface area contributed by atoms with E-state index in [2.05, 4.69) is 9.84 Å². The van der Waals surface area contributed by atoms with Gasteiger partial charge < -0.3 is 9.47 Å². The van der Waals surface area contributed by atoms with Gasteiger partial charge in [0.15, 0.2) is 5.75 Å². The second kappa shape index (κ2) is 7.76. The van der Waals surface area contributed by atoms with Crippen molar-refractivity contribution < 1.29 is 23.0 Å². The van der Waals surface area contributed by atoms with E-state index in [0.717, 1.165) is 36.9 Å². The molecule has 0 saturated heterocycles. The SMILES string of the molecule is O=C1CCC(OCc2c(C3CC3)cnn2-c2ccccc2OC(F)F)CC1. The van der Waals surface area contributed by atoms with Gasteiger partial charge in [0, 0.05) is 12.8 Å². The fraction of sp³-hybridized carbons (Fsp3) is 0.500. The van der Waals surface area contributed by atoms with Crippen LogP contribution >= 0.6 is 0 Å². The molecule has 7 heteroatoms. The highest BCUT2D eigenvalue weighted by molar-refractivity contribution is 5.79. The Morgan fingerprint density at radius 1 is 1.15 bits per heavy atom. The largest absolute Gasteiger partial charge is 0.433 e. The fourth-order valence-corrected chi connectivity index (χ4v) is 3.58. The molecule has 0 atom stereocenters. The van der Waals surface area contributed by atoms with Crippen LogP contribution < -0.4 is 4.74 Å². The van der Waals surface area contributed by atoms with E-state index in [4.69, 9.17) is 4.74 Å². The van der Waals surface area contributed by atoms with E-state index in [1.165, 1.54) is 6.07 Å². The Morgan fingerprint density at radius 3 is 2.59 bits per heavy atom. The maximum absolute atomic E-state index is 12.8. The molecule has 2 aliphatic carbocycles. The van der Waals surface area contributed by atoms with Gasteiger partial charge in [-0.2, -0.15) is 13.9 Å². The van der Waals surface area contributed by atoms with Crippen molar-refractivity contribution in [3.63, 3.8) is 0 Å². The molecule has 5 nitrogen and oxygen atoms in total. The highest BCUT2D eigenvalue weighted by atomic mass is 19.3. The van der Waals surface area contributed by atoms with Crippen molar-refractivity contribution in [2.45, 2.75) is 63.8 Å². The molecule has 1 heterocycles. The summed E-state index contributed by atoms with van der Waals surface area (Å²) in [5.41, 5.74) is 2.45. The first kappa shape index (κ1) is 18.1. The number of Topliss-reactive ketones (excluding diaryl/α,β-unsaturated/α-hetero) is 1. The summed E-state index contributed by atoms with van der Waals surface area (Å²) in [5, 5.41) is 4.45. The molecule has 2 saturated carbocycles. The second-order valence-electron chi connectivity index (χ2n) is 7.13. The van der Waals surface area contributed by atoms with Gasteiger partial charge in [0.1, 0.15) is 11.5 Å². The topological polar surface area (TPSA) is 53.3 Å². The molecule has 2 aliphatic rings. The van der Waals surface area contributed by atoms with Crippen LogP contribution in [0.5, 0.6) is 5.75 Å². The quantitative estimate of drug-likeness (QED) is 0.720. The minimum absolute atomic E-state index is 0.0469. The molecule has 0 amide bonds. The number of carbonyl (C=O) groups is 1. The number of rotatable bonds is 7. The molecular formula is C20H22F2N2O3. The highest BCUT2D eigenvalue weighted by Gasteiger charge is 2.30. The summed E-state index contributed by atoms with van der Waals surface area (Å²) in [6.07, 6.45) is 6.64. The maximum Gasteiger partial charge on any atom is 0.387 e. The average molecular weight is 376 g/mol. The van der Waals surface area contributed by atoms with E-state index in [1.54, 1.807) is 29.1 Å². The van der Waals surface area contributed by atoms with Gasteiger partial charge in [0.25, 0.3) is 0 Å². The van der Waals surface area contributed by atoms with Crippen LogP contribution in [0.1, 0.15) is 55.7 Å². The number of benzene rings is 1. The van der Waals surface area contributed by atoms with Gasteiger partial charge in [-0.25, -0.2) is 4.68 Å². The Balaban J connectivity index is 1.59. The van der Waals surface area contributed by atoms with E-state index in [0.29, 0.717) is 31.1 Å². The Kier molecular flexibility index (Phi) is 5.20. The van der Waals surface area contributed by atoms with Crippen molar-refractivity contribution in [2.24, 2.45) is 0 Å². The van der Waals surface area contributed by atoms with Gasteiger partial charge in [-0.3, -0.25) is 4.79 Å². The third-order valence-corrected chi connectivity index (χ3v) is 5.17. The Labute approximate surface area is 156 Å².